The van der Waals surface area contributed by atoms with Gasteiger partial charge in [-0.15, -0.1) is 0 Å². The van der Waals surface area contributed by atoms with E-state index in [0.29, 0.717) is 6.54 Å². The number of nitrogens with one attached hydrogen (secondary N) is 1. The molecule has 1 aromatic rings. The molecule has 0 radical (unpaired) electrons. The molecule has 1 atom stereocenters. The molecule has 0 aliphatic heterocycles. The van der Waals surface area contributed by atoms with Crippen molar-refractivity contribution in [3.63, 3.8) is 0 Å². The van der Waals surface area contributed by atoms with Crippen LogP contribution >= 0.6 is 15.9 Å². The smallest absolute Gasteiger partial charge is 0.234 e. The first-order chi connectivity index (χ1) is 7.00. The predicted octanol–water partition coefficient (Wildman–Crippen LogP) is 1.55. The van der Waals surface area contributed by atoms with Crippen molar-refractivity contribution in [3.05, 3.63) is 34.1 Å². The van der Waals surface area contributed by atoms with Crippen LogP contribution in [0.4, 0.5) is 4.39 Å². The van der Waals surface area contributed by atoms with Crippen molar-refractivity contribution in [1.29, 1.82) is 0 Å². The van der Waals surface area contributed by atoms with Crippen LogP contribution in [0.1, 0.15) is 12.5 Å². The van der Waals surface area contributed by atoms with Gasteiger partial charge in [-0.1, -0.05) is 15.9 Å². The summed E-state index contributed by atoms with van der Waals surface area (Å²) in [5.74, 6) is -0.732. The molecule has 3 N–H and O–H groups in total. The van der Waals surface area contributed by atoms with Gasteiger partial charge in [0.25, 0.3) is 0 Å². The van der Waals surface area contributed by atoms with E-state index >= 15 is 0 Å². The summed E-state index contributed by atoms with van der Waals surface area (Å²) in [7, 11) is 0. The van der Waals surface area contributed by atoms with Crippen LogP contribution in [-0.4, -0.2) is 11.9 Å². The minimum absolute atomic E-state index is 0.304. The van der Waals surface area contributed by atoms with E-state index in [1.165, 1.54) is 12.1 Å². The number of hydrogen-bond acceptors (Lipinski definition) is 2. The maximum Gasteiger partial charge on any atom is 0.234 e. The quantitative estimate of drug-likeness (QED) is 0.876. The molecule has 0 heterocycles. The van der Waals surface area contributed by atoms with Crippen molar-refractivity contribution in [3.8, 4) is 0 Å². The van der Waals surface area contributed by atoms with Crippen molar-refractivity contribution >= 4 is 21.8 Å². The van der Waals surface area contributed by atoms with E-state index in [4.69, 9.17) is 5.73 Å². The summed E-state index contributed by atoms with van der Waals surface area (Å²) in [6, 6.07) is 3.97. The predicted molar refractivity (Wildman–Crippen MR) is 59.6 cm³/mol. The summed E-state index contributed by atoms with van der Waals surface area (Å²) in [5, 5.41) is 2.90. The topological polar surface area (TPSA) is 55.1 Å². The Labute approximate surface area is 96.0 Å². The number of carbonyl (C=O) groups excluding carboxylic acids is 1. The fraction of sp³-hybridized carbons (Fsp3) is 0.300. The Balaban J connectivity index is 2.65. The molecule has 0 spiro atoms. The molecule has 1 rings (SSSR count). The van der Waals surface area contributed by atoms with Crippen molar-refractivity contribution in [2.24, 2.45) is 5.73 Å². The Hall–Kier alpha value is -0.940. The molecule has 0 aliphatic rings. The van der Waals surface area contributed by atoms with Gasteiger partial charge in [-0.3, -0.25) is 4.79 Å². The van der Waals surface area contributed by atoms with Gasteiger partial charge in [0.2, 0.25) is 5.91 Å². The lowest BCUT2D eigenvalue weighted by molar-refractivity contribution is -0.119. The number of amides is 1. The summed E-state index contributed by atoms with van der Waals surface area (Å²) < 4.78 is 13.7. The zero-order chi connectivity index (χ0) is 11.4. The molecule has 0 fully saturated rings. The lowest BCUT2D eigenvalue weighted by Gasteiger charge is -2.11. The van der Waals surface area contributed by atoms with Gasteiger partial charge in [0.05, 0.1) is 6.04 Å². The third-order valence-electron chi connectivity index (χ3n) is 2.03. The van der Waals surface area contributed by atoms with Crippen molar-refractivity contribution < 1.29 is 9.18 Å². The Bertz CT molecular complexity index is 370. The van der Waals surface area contributed by atoms with Crippen LogP contribution in [0.3, 0.4) is 0 Å². The second-order valence-corrected chi connectivity index (χ2v) is 4.10. The van der Waals surface area contributed by atoms with Crippen LogP contribution in [0.5, 0.6) is 0 Å². The molecule has 15 heavy (non-hydrogen) atoms. The highest BCUT2D eigenvalue weighted by atomic mass is 79.9. The van der Waals surface area contributed by atoms with E-state index in [2.05, 4.69) is 21.2 Å². The standard InChI is InChI=1S/C10H12BrFN2O/c1-6(10(13)15)14-5-7-4-8(12)2-3-9(7)11/h2-4,6,14H,5H2,1H3,(H2,13,15). The highest BCUT2D eigenvalue weighted by Gasteiger charge is 2.08. The second kappa shape index (κ2) is 5.23. The van der Waals surface area contributed by atoms with Gasteiger partial charge in [-0.2, -0.15) is 0 Å². The first-order valence-corrected chi connectivity index (χ1v) is 5.26. The van der Waals surface area contributed by atoms with Crippen molar-refractivity contribution in [2.75, 3.05) is 0 Å². The van der Waals surface area contributed by atoms with E-state index in [9.17, 15) is 9.18 Å². The molecule has 3 nitrogen and oxygen atoms in total. The molecule has 82 valence electrons. The summed E-state index contributed by atoms with van der Waals surface area (Å²) in [6.07, 6.45) is 0. The molecule has 0 saturated carbocycles. The van der Waals surface area contributed by atoms with Crippen LogP contribution in [0.2, 0.25) is 0 Å². The maximum atomic E-state index is 12.9. The molecule has 0 bridgehead atoms. The van der Waals surface area contributed by atoms with E-state index in [1.54, 1.807) is 13.0 Å². The number of nitrogens with two attached hydrogens (primary N) is 1. The number of hydrogen-bond donors (Lipinski definition) is 2. The summed E-state index contributed by atoms with van der Waals surface area (Å²) >= 11 is 3.29. The van der Waals surface area contributed by atoms with Gasteiger partial charge in [-0.05, 0) is 30.7 Å². The minimum Gasteiger partial charge on any atom is -0.368 e. The lowest BCUT2D eigenvalue weighted by Crippen LogP contribution is -2.38. The molecular weight excluding hydrogens is 263 g/mol. The fourth-order valence-electron chi connectivity index (χ4n) is 1.04. The van der Waals surface area contributed by atoms with Gasteiger partial charge < -0.3 is 11.1 Å². The third-order valence-corrected chi connectivity index (χ3v) is 2.81. The minimum atomic E-state index is -0.430. The Kier molecular flexibility index (Phi) is 4.23. The zero-order valence-corrected chi connectivity index (χ0v) is 9.84. The van der Waals surface area contributed by atoms with Crippen LogP contribution < -0.4 is 11.1 Å². The lowest BCUT2D eigenvalue weighted by atomic mass is 10.2. The van der Waals surface area contributed by atoms with Crippen molar-refractivity contribution in [1.82, 2.24) is 5.32 Å². The molecular formula is C10H12BrFN2O. The molecule has 0 aromatic heterocycles. The van der Waals surface area contributed by atoms with Crippen LogP contribution in [0, 0.1) is 5.82 Å². The molecule has 1 aromatic carbocycles. The molecule has 1 amide bonds. The number of halogens is 2. The van der Waals surface area contributed by atoms with Gasteiger partial charge in [0, 0.05) is 11.0 Å². The summed E-state index contributed by atoms with van der Waals surface area (Å²) in [5.41, 5.74) is 5.83. The maximum absolute atomic E-state index is 12.9. The van der Waals surface area contributed by atoms with E-state index in [0.717, 1.165) is 10.0 Å². The third kappa shape index (κ3) is 3.60. The van der Waals surface area contributed by atoms with Crippen LogP contribution in [-0.2, 0) is 11.3 Å². The summed E-state index contributed by atoms with van der Waals surface area (Å²) in [6.45, 7) is 2.05. The normalized spacial score (nSPS) is 12.5. The van der Waals surface area contributed by atoms with Gasteiger partial charge in [-0.25, -0.2) is 4.39 Å². The average Bonchev–Trinajstić information content (AvgIpc) is 2.18. The molecule has 0 saturated heterocycles. The van der Waals surface area contributed by atoms with Crippen LogP contribution in [0.15, 0.2) is 22.7 Å². The second-order valence-electron chi connectivity index (χ2n) is 3.24. The van der Waals surface area contributed by atoms with Crippen molar-refractivity contribution in [2.45, 2.75) is 19.5 Å². The van der Waals surface area contributed by atoms with E-state index in [1.807, 2.05) is 0 Å². The number of primary amides is 1. The first-order valence-electron chi connectivity index (χ1n) is 4.47. The Morgan fingerprint density at radius 2 is 2.33 bits per heavy atom. The Morgan fingerprint density at radius 3 is 2.93 bits per heavy atom. The number of carbonyl (C=O) groups is 1. The fourth-order valence-corrected chi connectivity index (χ4v) is 1.43. The van der Waals surface area contributed by atoms with E-state index in [-0.39, 0.29) is 5.82 Å². The van der Waals surface area contributed by atoms with Gasteiger partial charge in [0.1, 0.15) is 5.82 Å². The molecule has 0 aliphatic carbocycles. The monoisotopic (exact) mass is 274 g/mol. The highest BCUT2D eigenvalue weighted by Crippen LogP contribution is 2.17. The summed E-state index contributed by atoms with van der Waals surface area (Å²) in [4.78, 5) is 10.7. The van der Waals surface area contributed by atoms with Gasteiger partial charge >= 0.3 is 0 Å². The van der Waals surface area contributed by atoms with Crippen LogP contribution in [0.25, 0.3) is 0 Å². The molecule has 5 heteroatoms. The first kappa shape index (κ1) is 12.1. The highest BCUT2D eigenvalue weighted by molar-refractivity contribution is 9.10. The number of rotatable bonds is 4. The SMILES string of the molecule is CC(NCc1cc(F)ccc1Br)C(N)=O. The average molecular weight is 275 g/mol. The zero-order valence-electron chi connectivity index (χ0n) is 8.26. The number of benzene rings is 1. The largest absolute Gasteiger partial charge is 0.368 e. The van der Waals surface area contributed by atoms with E-state index < -0.39 is 11.9 Å². The molecule has 1 unspecified atom stereocenters. The Morgan fingerprint density at radius 1 is 1.67 bits per heavy atom. The van der Waals surface area contributed by atoms with Gasteiger partial charge in [0.15, 0.2) is 0 Å².